The second-order valence-corrected chi connectivity index (χ2v) is 17.6. The number of anilines is 3. The van der Waals surface area contributed by atoms with Crippen LogP contribution in [0.3, 0.4) is 0 Å². The van der Waals surface area contributed by atoms with Crippen molar-refractivity contribution in [2.75, 3.05) is 4.90 Å². The van der Waals surface area contributed by atoms with Crippen molar-refractivity contribution in [1.29, 1.82) is 0 Å². The molecule has 0 unspecified atom stereocenters. The van der Waals surface area contributed by atoms with Crippen LogP contribution in [0.2, 0.25) is 0 Å². The maximum Gasteiger partial charge on any atom is 0.0714 e. The zero-order valence-corrected chi connectivity index (χ0v) is 36.8. The maximum absolute atomic E-state index is 2.48. The van der Waals surface area contributed by atoms with Gasteiger partial charge in [0.15, 0.2) is 0 Å². The fourth-order valence-electron chi connectivity index (χ4n) is 11.1. The van der Waals surface area contributed by atoms with Gasteiger partial charge in [0.25, 0.3) is 0 Å². The summed E-state index contributed by atoms with van der Waals surface area (Å²) in [5.41, 5.74) is 18.6. The van der Waals surface area contributed by atoms with E-state index in [2.05, 4.69) is 276 Å². The summed E-state index contributed by atoms with van der Waals surface area (Å²) in [4.78, 5) is 2.46. The Hall–Kier alpha value is -8.72. The number of para-hydroxylation sites is 3. The number of aromatic nitrogens is 1. The smallest absolute Gasteiger partial charge is 0.0714 e. The molecule has 13 rings (SSSR count). The molecule has 0 saturated heterocycles. The van der Waals surface area contributed by atoms with Gasteiger partial charge in [-0.3, -0.25) is 0 Å². The van der Waals surface area contributed by atoms with Gasteiger partial charge in [0.2, 0.25) is 0 Å². The van der Waals surface area contributed by atoms with E-state index in [1.807, 2.05) is 0 Å². The summed E-state index contributed by atoms with van der Waals surface area (Å²) in [6.45, 7) is 0. The van der Waals surface area contributed by atoms with E-state index in [4.69, 9.17) is 0 Å². The lowest BCUT2D eigenvalue weighted by molar-refractivity contribution is 0.769. The predicted octanol–water partition coefficient (Wildman–Crippen LogP) is 17.1. The van der Waals surface area contributed by atoms with Crippen molar-refractivity contribution < 1.29 is 0 Å². The summed E-state index contributed by atoms with van der Waals surface area (Å²) in [6, 6.07) is 98.2. The number of fused-ring (bicyclic) bond motifs is 7. The molecule has 0 amide bonds. The van der Waals surface area contributed by atoms with E-state index in [-0.39, 0.29) is 0 Å². The van der Waals surface area contributed by atoms with E-state index < -0.39 is 5.41 Å². The monoisotopic (exact) mass is 852 g/mol. The van der Waals surface area contributed by atoms with Crippen LogP contribution in [-0.4, -0.2) is 4.57 Å². The van der Waals surface area contributed by atoms with E-state index in [1.54, 1.807) is 0 Å². The molecule has 1 heterocycles. The zero-order valence-electron chi connectivity index (χ0n) is 36.8. The molecule has 0 aliphatic heterocycles. The fraction of sp³-hybridized carbons (Fsp3) is 0.0154. The van der Waals surface area contributed by atoms with Crippen molar-refractivity contribution >= 4 is 49.6 Å². The van der Waals surface area contributed by atoms with Crippen molar-refractivity contribution in [3.63, 3.8) is 0 Å². The van der Waals surface area contributed by atoms with Crippen LogP contribution in [0.4, 0.5) is 17.1 Å². The van der Waals surface area contributed by atoms with E-state index in [0.717, 1.165) is 28.3 Å². The molecule has 1 aliphatic carbocycles. The summed E-state index contributed by atoms with van der Waals surface area (Å²) in [6.07, 6.45) is 0. The molecule has 0 bridgehead atoms. The summed E-state index contributed by atoms with van der Waals surface area (Å²) in [7, 11) is 0. The number of benzene rings is 11. The predicted molar refractivity (Wildman–Crippen MR) is 281 cm³/mol. The Kier molecular flexibility index (Phi) is 9.11. The van der Waals surface area contributed by atoms with Crippen LogP contribution in [0.5, 0.6) is 0 Å². The minimum Gasteiger partial charge on any atom is -0.310 e. The number of hydrogen-bond donors (Lipinski definition) is 0. The van der Waals surface area contributed by atoms with E-state index in [1.165, 1.54) is 82.6 Å². The van der Waals surface area contributed by atoms with Gasteiger partial charge in [-0.1, -0.05) is 200 Å². The summed E-state index contributed by atoms with van der Waals surface area (Å²) >= 11 is 0. The van der Waals surface area contributed by atoms with Gasteiger partial charge >= 0.3 is 0 Å². The standard InChI is InChI=1S/C65H44N2/c1-5-19-46(20-6-1)55-29-15-17-31-62(55)66(53-36-33-45(34-37-53)49-35-39-58-57-30-16-18-32-63(57)67(64(58)43-49)52-27-11-4-12-28-52)54-38-40-56-59-41-47-21-13-14-22-48(47)42-60(59)65(61(56)44-54,50-23-7-2-8-24-50)51-25-9-3-10-26-51/h1-44H. The fourth-order valence-corrected chi connectivity index (χ4v) is 11.1. The molecule has 67 heavy (non-hydrogen) atoms. The molecule has 11 aromatic carbocycles. The molecule has 0 N–H and O–H groups in total. The Labute approximate surface area is 390 Å². The second-order valence-electron chi connectivity index (χ2n) is 17.6. The molecule has 0 atom stereocenters. The molecular formula is C65H44N2. The SMILES string of the molecule is c1ccc(-c2ccccc2N(c2ccc(-c3ccc4c5ccccc5n(-c5ccccc5)c4c3)cc2)c2ccc3c(c2)C(c2ccccc2)(c2ccccc2)c2cc4ccccc4cc2-3)cc1. The Morgan fingerprint density at radius 3 is 1.60 bits per heavy atom. The molecular weight excluding hydrogens is 809 g/mol. The third-order valence-electron chi connectivity index (χ3n) is 14.0. The van der Waals surface area contributed by atoms with Crippen molar-refractivity contribution in [2.45, 2.75) is 5.41 Å². The van der Waals surface area contributed by atoms with Crippen molar-refractivity contribution in [3.8, 4) is 39.1 Å². The maximum atomic E-state index is 2.48. The average molecular weight is 853 g/mol. The quantitative estimate of drug-likeness (QED) is 0.148. The van der Waals surface area contributed by atoms with Crippen molar-refractivity contribution in [1.82, 2.24) is 4.57 Å². The Bertz CT molecular complexity index is 3740. The van der Waals surface area contributed by atoms with Gasteiger partial charge in [0, 0.05) is 33.4 Å². The zero-order chi connectivity index (χ0) is 44.3. The van der Waals surface area contributed by atoms with Crippen LogP contribution in [0, 0.1) is 0 Å². The molecule has 0 radical (unpaired) electrons. The normalized spacial score (nSPS) is 12.6. The molecule has 0 fully saturated rings. The van der Waals surface area contributed by atoms with Gasteiger partial charge in [-0.15, -0.1) is 0 Å². The average Bonchev–Trinajstić information content (AvgIpc) is 3.89. The molecule has 1 aliphatic rings. The van der Waals surface area contributed by atoms with Crippen molar-refractivity contribution in [3.05, 3.63) is 289 Å². The third-order valence-corrected chi connectivity index (χ3v) is 14.0. The van der Waals surface area contributed by atoms with Gasteiger partial charge in [-0.2, -0.15) is 0 Å². The summed E-state index contributed by atoms with van der Waals surface area (Å²) in [5, 5.41) is 4.99. The van der Waals surface area contributed by atoms with E-state index in [9.17, 15) is 0 Å². The molecule has 12 aromatic rings. The molecule has 0 saturated carbocycles. The highest BCUT2D eigenvalue weighted by atomic mass is 15.1. The number of rotatable bonds is 8. The van der Waals surface area contributed by atoms with Crippen molar-refractivity contribution in [2.24, 2.45) is 0 Å². The minimum absolute atomic E-state index is 0.567. The molecule has 2 nitrogen and oxygen atoms in total. The molecule has 314 valence electrons. The Balaban J connectivity index is 1.02. The Morgan fingerprint density at radius 1 is 0.313 bits per heavy atom. The van der Waals surface area contributed by atoms with Crippen LogP contribution in [-0.2, 0) is 5.41 Å². The molecule has 2 heteroatoms. The topological polar surface area (TPSA) is 8.17 Å². The van der Waals surface area contributed by atoms with E-state index >= 15 is 0 Å². The van der Waals surface area contributed by atoms with Crippen LogP contribution >= 0.6 is 0 Å². The largest absolute Gasteiger partial charge is 0.310 e. The molecule has 1 aromatic heterocycles. The molecule has 0 spiro atoms. The minimum atomic E-state index is -0.567. The summed E-state index contributed by atoms with van der Waals surface area (Å²) in [5.74, 6) is 0. The van der Waals surface area contributed by atoms with Crippen LogP contribution in [0.25, 0.3) is 71.6 Å². The van der Waals surface area contributed by atoms with Gasteiger partial charge in [0.05, 0.1) is 22.1 Å². The highest BCUT2D eigenvalue weighted by Crippen LogP contribution is 2.58. The first-order chi connectivity index (χ1) is 33.2. The van der Waals surface area contributed by atoms with Gasteiger partial charge in [0.1, 0.15) is 0 Å². The lowest BCUT2D eigenvalue weighted by Crippen LogP contribution is -2.28. The van der Waals surface area contributed by atoms with Gasteiger partial charge < -0.3 is 9.47 Å². The van der Waals surface area contributed by atoms with Crippen LogP contribution < -0.4 is 4.90 Å². The second kappa shape index (κ2) is 15.8. The first-order valence-corrected chi connectivity index (χ1v) is 23.2. The van der Waals surface area contributed by atoms with Gasteiger partial charge in [-0.25, -0.2) is 0 Å². The Morgan fingerprint density at radius 2 is 0.866 bits per heavy atom. The van der Waals surface area contributed by atoms with Crippen LogP contribution in [0.1, 0.15) is 22.3 Å². The third kappa shape index (κ3) is 6.18. The highest BCUT2D eigenvalue weighted by molar-refractivity contribution is 6.10. The lowest BCUT2D eigenvalue weighted by atomic mass is 9.67. The summed E-state index contributed by atoms with van der Waals surface area (Å²) < 4.78 is 2.39. The first-order valence-electron chi connectivity index (χ1n) is 23.2. The number of hydrogen-bond acceptors (Lipinski definition) is 1. The van der Waals surface area contributed by atoms with Crippen LogP contribution in [0.15, 0.2) is 267 Å². The lowest BCUT2D eigenvalue weighted by Gasteiger charge is -2.35. The first kappa shape index (κ1) is 38.7. The highest BCUT2D eigenvalue weighted by Gasteiger charge is 2.46. The van der Waals surface area contributed by atoms with Gasteiger partial charge in [-0.05, 0) is 128 Å². The van der Waals surface area contributed by atoms with E-state index in [0.29, 0.717) is 0 Å². The number of nitrogens with zero attached hydrogens (tertiary/aromatic N) is 2.